The number of pyridine rings is 1. The molecular weight excluding hydrogens is 352 g/mol. The quantitative estimate of drug-likeness (QED) is 0.728. The molecule has 1 N–H and O–H groups in total. The monoisotopic (exact) mass is 370 g/mol. The number of halogens is 1. The Hall–Kier alpha value is -2.47. The summed E-state index contributed by atoms with van der Waals surface area (Å²) in [4.78, 5) is 24.1. The van der Waals surface area contributed by atoms with E-state index in [-0.39, 0.29) is 5.82 Å². The Morgan fingerprint density at radius 1 is 1.23 bits per heavy atom. The lowest BCUT2D eigenvalue weighted by atomic mass is 9.87. The van der Waals surface area contributed by atoms with Crippen LogP contribution in [0.5, 0.6) is 0 Å². The first kappa shape index (κ1) is 17.0. The summed E-state index contributed by atoms with van der Waals surface area (Å²) < 4.78 is 2.20. The van der Waals surface area contributed by atoms with Crippen molar-refractivity contribution < 1.29 is 9.90 Å². The number of aromatic nitrogens is 4. The van der Waals surface area contributed by atoms with Crippen molar-refractivity contribution in [2.75, 3.05) is 0 Å². The minimum Gasteiger partial charge on any atom is -0.475 e. The minimum atomic E-state index is -1.15. The second-order valence-electron chi connectivity index (χ2n) is 6.96. The molecule has 0 bridgehead atoms. The highest BCUT2D eigenvalue weighted by atomic mass is 35.5. The first-order chi connectivity index (χ1) is 12.5. The van der Waals surface area contributed by atoms with Gasteiger partial charge in [-0.2, -0.15) is 0 Å². The van der Waals surface area contributed by atoms with Gasteiger partial charge in [0.05, 0.1) is 16.1 Å². The Bertz CT molecular complexity index is 977. The maximum absolute atomic E-state index is 11.5. The van der Waals surface area contributed by atoms with Gasteiger partial charge in [-0.15, -0.1) is 0 Å². The van der Waals surface area contributed by atoms with Gasteiger partial charge in [0.1, 0.15) is 5.69 Å². The van der Waals surface area contributed by atoms with Crippen LogP contribution in [0.2, 0.25) is 5.02 Å². The van der Waals surface area contributed by atoms with Crippen molar-refractivity contribution >= 4 is 28.6 Å². The van der Waals surface area contributed by atoms with E-state index in [9.17, 15) is 9.90 Å². The predicted octanol–water partition coefficient (Wildman–Crippen LogP) is 4.60. The van der Waals surface area contributed by atoms with E-state index in [4.69, 9.17) is 11.6 Å². The van der Waals surface area contributed by atoms with Gasteiger partial charge in [0.25, 0.3) is 0 Å². The molecular formula is C19H19ClN4O2. The molecule has 6 nitrogen and oxygen atoms in total. The second kappa shape index (κ2) is 6.68. The maximum Gasteiger partial charge on any atom is 0.373 e. The first-order valence-electron chi connectivity index (χ1n) is 8.75. The number of fused-ring (bicyclic) bond motifs is 1. The van der Waals surface area contributed by atoms with Crippen LogP contribution in [-0.2, 0) is 0 Å². The van der Waals surface area contributed by atoms with E-state index < -0.39 is 5.97 Å². The highest BCUT2D eigenvalue weighted by molar-refractivity contribution is 6.30. The number of hydrogen-bond acceptors (Lipinski definition) is 4. The zero-order chi connectivity index (χ0) is 18.3. The normalized spacial score (nSPS) is 20.4. The van der Waals surface area contributed by atoms with Gasteiger partial charge in [0, 0.05) is 30.2 Å². The topological polar surface area (TPSA) is 80.9 Å². The van der Waals surface area contributed by atoms with Crippen molar-refractivity contribution in [1.82, 2.24) is 19.5 Å². The lowest BCUT2D eigenvalue weighted by Crippen LogP contribution is -2.17. The zero-order valence-electron chi connectivity index (χ0n) is 14.4. The van der Waals surface area contributed by atoms with Crippen LogP contribution in [0.3, 0.4) is 0 Å². The Kier molecular flexibility index (Phi) is 4.36. The second-order valence-corrected chi connectivity index (χ2v) is 7.40. The summed E-state index contributed by atoms with van der Waals surface area (Å²) in [5, 5.41) is 9.86. The highest BCUT2D eigenvalue weighted by Gasteiger charge is 2.24. The molecule has 7 heteroatoms. The van der Waals surface area contributed by atoms with E-state index in [1.54, 1.807) is 18.5 Å². The van der Waals surface area contributed by atoms with Crippen molar-refractivity contribution in [2.24, 2.45) is 5.92 Å². The van der Waals surface area contributed by atoms with Crippen LogP contribution in [0, 0.1) is 5.92 Å². The third kappa shape index (κ3) is 3.05. The molecule has 0 aliphatic heterocycles. The summed E-state index contributed by atoms with van der Waals surface area (Å²) in [7, 11) is 0. The lowest BCUT2D eigenvalue weighted by Gasteiger charge is -2.28. The van der Waals surface area contributed by atoms with Crippen molar-refractivity contribution in [2.45, 2.75) is 38.6 Å². The van der Waals surface area contributed by atoms with E-state index in [2.05, 4.69) is 26.4 Å². The van der Waals surface area contributed by atoms with Crippen LogP contribution in [0.25, 0.3) is 22.3 Å². The molecule has 0 unspecified atom stereocenters. The minimum absolute atomic E-state index is 0.220. The van der Waals surface area contributed by atoms with Gasteiger partial charge in [0.2, 0.25) is 5.82 Å². The summed E-state index contributed by atoms with van der Waals surface area (Å²) in [6, 6.07) is 3.99. The number of nitrogens with zero attached hydrogens (tertiary/aromatic N) is 4. The molecule has 134 valence electrons. The first-order valence-corrected chi connectivity index (χ1v) is 9.13. The molecule has 1 aliphatic carbocycles. The molecule has 3 heterocycles. The van der Waals surface area contributed by atoms with Gasteiger partial charge in [-0.25, -0.2) is 14.8 Å². The number of carboxylic acid groups (broad SMARTS) is 1. The Morgan fingerprint density at radius 2 is 2.00 bits per heavy atom. The average Bonchev–Trinajstić information content (AvgIpc) is 3.05. The maximum atomic E-state index is 11.5. The Balaban J connectivity index is 1.92. The smallest absolute Gasteiger partial charge is 0.373 e. The SMILES string of the molecule is CC1CCC(n2ccc3nc(C(=O)O)nc(-c4cncc(Cl)c4)c32)CC1. The molecule has 0 saturated heterocycles. The number of carboxylic acids is 1. The number of carbonyl (C=O) groups is 1. The molecule has 1 aliphatic rings. The van der Waals surface area contributed by atoms with E-state index >= 15 is 0 Å². The van der Waals surface area contributed by atoms with Crippen LogP contribution < -0.4 is 0 Å². The van der Waals surface area contributed by atoms with Crippen LogP contribution in [0.4, 0.5) is 0 Å². The van der Waals surface area contributed by atoms with Gasteiger partial charge in [-0.3, -0.25) is 4.98 Å². The molecule has 4 rings (SSSR count). The lowest BCUT2D eigenvalue weighted by molar-refractivity contribution is 0.0684. The number of hydrogen-bond donors (Lipinski definition) is 1. The standard InChI is InChI=1S/C19H19ClN4O2/c1-11-2-4-14(5-3-11)24-7-6-15-17(24)16(23-18(22-15)19(25)26)12-8-13(20)10-21-9-12/h6-11,14H,2-5H2,1H3,(H,25,26). The third-order valence-corrected chi connectivity index (χ3v) is 5.32. The molecule has 0 radical (unpaired) electrons. The molecule has 0 aromatic carbocycles. The van der Waals surface area contributed by atoms with E-state index in [1.807, 2.05) is 12.3 Å². The largest absolute Gasteiger partial charge is 0.475 e. The zero-order valence-corrected chi connectivity index (χ0v) is 15.1. The molecule has 0 atom stereocenters. The van der Waals surface area contributed by atoms with E-state index in [0.717, 1.165) is 24.3 Å². The predicted molar refractivity (Wildman–Crippen MR) is 99.4 cm³/mol. The van der Waals surface area contributed by atoms with Crippen molar-refractivity contribution in [3.8, 4) is 11.3 Å². The highest BCUT2D eigenvalue weighted by Crippen LogP contribution is 2.36. The van der Waals surface area contributed by atoms with Crippen LogP contribution >= 0.6 is 11.6 Å². The van der Waals surface area contributed by atoms with Gasteiger partial charge >= 0.3 is 5.97 Å². The number of aromatic carboxylic acids is 1. The van der Waals surface area contributed by atoms with E-state index in [1.165, 1.54) is 12.8 Å². The molecule has 1 saturated carbocycles. The molecule has 26 heavy (non-hydrogen) atoms. The summed E-state index contributed by atoms with van der Waals surface area (Å²) in [5.41, 5.74) is 2.73. The molecule has 1 fully saturated rings. The number of rotatable bonds is 3. The third-order valence-electron chi connectivity index (χ3n) is 5.11. The Morgan fingerprint density at radius 3 is 2.69 bits per heavy atom. The van der Waals surface area contributed by atoms with Crippen molar-refractivity contribution in [3.63, 3.8) is 0 Å². The van der Waals surface area contributed by atoms with Crippen molar-refractivity contribution in [3.05, 3.63) is 41.6 Å². The average molecular weight is 371 g/mol. The van der Waals surface area contributed by atoms with Crippen LogP contribution in [0.15, 0.2) is 30.7 Å². The summed E-state index contributed by atoms with van der Waals surface area (Å²) >= 11 is 6.10. The fourth-order valence-corrected chi connectivity index (χ4v) is 3.91. The van der Waals surface area contributed by atoms with E-state index in [0.29, 0.717) is 27.8 Å². The molecule has 3 aromatic heterocycles. The summed E-state index contributed by atoms with van der Waals surface area (Å²) in [6.45, 7) is 2.29. The fourth-order valence-electron chi connectivity index (χ4n) is 3.73. The fraction of sp³-hybridized carbons (Fsp3) is 0.368. The van der Waals surface area contributed by atoms with Crippen LogP contribution in [0.1, 0.15) is 49.3 Å². The summed E-state index contributed by atoms with van der Waals surface area (Å²) in [6.07, 6.45) is 9.76. The van der Waals surface area contributed by atoms with Crippen molar-refractivity contribution in [1.29, 1.82) is 0 Å². The molecule has 0 spiro atoms. The van der Waals surface area contributed by atoms with Crippen LogP contribution in [-0.4, -0.2) is 30.6 Å². The van der Waals surface area contributed by atoms with Gasteiger partial charge in [0.15, 0.2) is 0 Å². The summed E-state index contributed by atoms with van der Waals surface area (Å²) in [5.74, 6) is -0.621. The molecule has 3 aromatic rings. The molecule has 0 amide bonds. The Labute approximate surface area is 155 Å². The van der Waals surface area contributed by atoms with Gasteiger partial charge < -0.3 is 9.67 Å². The van der Waals surface area contributed by atoms with Gasteiger partial charge in [-0.05, 0) is 43.7 Å². The van der Waals surface area contributed by atoms with Gasteiger partial charge in [-0.1, -0.05) is 18.5 Å².